The highest BCUT2D eigenvalue weighted by Crippen LogP contribution is 2.67. The van der Waals surface area contributed by atoms with Gasteiger partial charge < -0.3 is 15.3 Å². The quantitative estimate of drug-likeness (QED) is 0.519. The van der Waals surface area contributed by atoms with E-state index in [1.54, 1.807) is 0 Å². The van der Waals surface area contributed by atoms with Gasteiger partial charge in [-0.2, -0.15) is 0 Å². The maximum absolute atomic E-state index is 11.3. The molecule has 0 aromatic rings. The summed E-state index contributed by atoms with van der Waals surface area (Å²) in [7, 11) is 0. The summed E-state index contributed by atoms with van der Waals surface area (Å²) in [5, 5.41) is 31.6. The van der Waals surface area contributed by atoms with Crippen LogP contribution < -0.4 is 0 Å². The standard InChI is InChI=1S/C27H46O3/c1-17(7-6-12-25(2,3)30)20-8-9-21-24-22(11-14-27(20,21)5)26(4)13-10-19(28)15-18(26)16-23(24)29/h16-17,19-24,28-30H,6-15H2,1-5H3. The summed E-state index contributed by atoms with van der Waals surface area (Å²) in [6.07, 6.45) is 12.6. The van der Waals surface area contributed by atoms with Gasteiger partial charge in [0.2, 0.25) is 0 Å². The molecule has 9 unspecified atom stereocenters. The Morgan fingerprint density at radius 2 is 1.80 bits per heavy atom. The summed E-state index contributed by atoms with van der Waals surface area (Å²) in [6, 6.07) is 0. The predicted octanol–water partition coefficient (Wildman–Crippen LogP) is 5.47. The fourth-order valence-corrected chi connectivity index (χ4v) is 8.66. The summed E-state index contributed by atoms with van der Waals surface area (Å²) in [4.78, 5) is 0. The fraction of sp³-hybridized carbons (Fsp3) is 0.926. The monoisotopic (exact) mass is 418 g/mol. The minimum Gasteiger partial charge on any atom is -0.393 e. The average Bonchev–Trinajstić information content (AvgIpc) is 2.99. The van der Waals surface area contributed by atoms with Gasteiger partial charge in [-0.05, 0) is 106 Å². The van der Waals surface area contributed by atoms with Gasteiger partial charge in [-0.3, -0.25) is 0 Å². The largest absolute Gasteiger partial charge is 0.393 e. The summed E-state index contributed by atoms with van der Waals surface area (Å²) >= 11 is 0. The van der Waals surface area contributed by atoms with Gasteiger partial charge >= 0.3 is 0 Å². The third-order valence-corrected chi connectivity index (χ3v) is 10.3. The van der Waals surface area contributed by atoms with Crippen LogP contribution in [-0.2, 0) is 0 Å². The van der Waals surface area contributed by atoms with Crippen LogP contribution in [0.5, 0.6) is 0 Å². The van der Waals surface area contributed by atoms with E-state index in [0.717, 1.165) is 38.0 Å². The van der Waals surface area contributed by atoms with E-state index in [1.807, 2.05) is 13.8 Å². The van der Waals surface area contributed by atoms with Crippen LogP contribution >= 0.6 is 0 Å². The molecule has 0 aromatic carbocycles. The lowest BCUT2D eigenvalue weighted by Crippen LogP contribution is -2.54. The molecule has 0 amide bonds. The van der Waals surface area contributed by atoms with Crippen LogP contribution in [0.4, 0.5) is 0 Å². The number of rotatable bonds is 5. The van der Waals surface area contributed by atoms with E-state index >= 15 is 0 Å². The summed E-state index contributed by atoms with van der Waals surface area (Å²) < 4.78 is 0. The van der Waals surface area contributed by atoms with Crippen LogP contribution in [0.2, 0.25) is 0 Å². The molecule has 3 N–H and O–H groups in total. The van der Waals surface area contributed by atoms with Crippen LogP contribution in [0, 0.1) is 40.4 Å². The maximum Gasteiger partial charge on any atom is 0.0757 e. The zero-order valence-electron chi connectivity index (χ0n) is 20.0. The van der Waals surface area contributed by atoms with Gasteiger partial charge in [0.1, 0.15) is 0 Å². The van der Waals surface area contributed by atoms with Crippen molar-refractivity contribution in [2.45, 2.75) is 117 Å². The molecule has 0 spiro atoms. The first-order valence-electron chi connectivity index (χ1n) is 12.8. The van der Waals surface area contributed by atoms with Crippen LogP contribution in [0.25, 0.3) is 0 Å². The smallest absolute Gasteiger partial charge is 0.0757 e. The molecule has 0 aliphatic heterocycles. The van der Waals surface area contributed by atoms with Crippen molar-refractivity contribution in [3.63, 3.8) is 0 Å². The number of fused-ring (bicyclic) bond motifs is 5. The summed E-state index contributed by atoms with van der Waals surface area (Å²) in [5.41, 5.74) is 1.31. The predicted molar refractivity (Wildman–Crippen MR) is 122 cm³/mol. The normalized spacial score (nSPS) is 47.1. The topological polar surface area (TPSA) is 60.7 Å². The van der Waals surface area contributed by atoms with Crippen LogP contribution in [-0.4, -0.2) is 33.1 Å². The molecule has 9 atom stereocenters. The molecule has 0 bridgehead atoms. The van der Waals surface area contributed by atoms with Gasteiger partial charge in [0.25, 0.3) is 0 Å². The van der Waals surface area contributed by atoms with Crippen molar-refractivity contribution >= 4 is 0 Å². The molecule has 172 valence electrons. The Morgan fingerprint density at radius 1 is 1.07 bits per heavy atom. The lowest BCUT2D eigenvalue weighted by atomic mass is 9.46. The highest BCUT2D eigenvalue weighted by Gasteiger charge is 2.61. The SMILES string of the molecule is CC(CCCC(C)(C)O)C1CCC2C3C(O)C=C4CC(O)CCC4(C)C3CCC12C. The van der Waals surface area contributed by atoms with Gasteiger partial charge in [0.15, 0.2) is 0 Å². The number of aliphatic hydroxyl groups is 3. The molecule has 4 rings (SSSR count). The fourth-order valence-electron chi connectivity index (χ4n) is 8.66. The third kappa shape index (κ3) is 3.82. The minimum absolute atomic E-state index is 0.181. The molecule has 3 nitrogen and oxygen atoms in total. The van der Waals surface area contributed by atoms with Crippen molar-refractivity contribution in [2.24, 2.45) is 40.4 Å². The van der Waals surface area contributed by atoms with Gasteiger partial charge in [-0.1, -0.05) is 45.3 Å². The Labute approximate surface area is 184 Å². The lowest BCUT2D eigenvalue weighted by Gasteiger charge is -2.59. The second-order valence-electron chi connectivity index (χ2n) is 12.7. The van der Waals surface area contributed by atoms with Crippen molar-refractivity contribution in [1.29, 1.82) is 0 Å². The van der Waals surface area contributed by atoms with Gasteiger partial charge in [0, 0.05) is 0 Å². The summed E-state index contributed by atoms with van der Waals surface area (Å²) in [6.45, 7) is 11.2. The molecule has 3 saturated carbocycles. The lowest BCUT2D eigenvalue weighted by molar-refractivity contribution is -0.0971. The first-order valence-corrected chi connectivity index (χ1v) is 12.8. The zero-order valence-corrected chi connectivity index (χ0v) is 20.0. The Balaban J connectivity index is 1.52. The molecule has 4 aliphatic rings. The Morgan fingerprint density at radius 3 is 2.50 bits per heavy atom. The molecular weight excluding hydrogens is 372 g/mol. The van der Waals surface area contributed by atoms with Crippen LogP contribution in [0.15, 0.2) is 11.6 Å². The molecule has 30 heavy (non-hydrogen) atoms. The van der Waals surface area contributed by atoms with Crippen molar-refractivity contribution in [3.05, 3.63) is 11.6 Å². The molecule has 3 fully saturated rings. The Kier molecular flexibility index (Phi) is 5.99. The second-order valence-corrected chi connectivity index (χ2v) is 12.7. The van der Waals surface area contributed by atoms with E-state index in [4.69, 9.17) is 0 Å². The molecule has 4 aliphatic carbocycles. The third-order valence-electron chi connectivity index (χ3n) is 10.3. The number of hydrogen-bond acceptors (Lipinski definition) is 3. The van der Waals surface area contributed by atoms with Crippen LogP contribution in [0.3, 0.4) is 0 Å². The van der Waals surface area contributed by atoms with E-state index in [0.29, 0.717) is 29.1 Å². The highest BCUT2D eigenvalue weighted by molar-refractivity contribution is 5.27. The van der Waals surface area contributed by atoms with Crippen molar-refractivity contribution in [1.82, 2.24) is 0 Å². The Bertz CT molecular complexity index is 664. The van der Waals surface area contributed by atoms with Crippen molar-refractivity contribution in [2.75, 3.05) is 0 Å². The van der Waals surface area contributed by atoms with E-state index in [9.17, 15) is 15.3 Å². The Hall–Kier alpha value is -0.380. The zero-order chi connectivity index (χ0) is 21.9. The highest BCUT2D eigenvalue weighted by atomic mass is 16.3. The van der Waals surface area contributed by atoms with E-state index < -0.39 is 5.60 Å². The number of hydrogen-bond donors (Lipinski definition) is 3. The molecule has 0 heterocycles. The number of aliphatic hydroxyl groups excluding tert-OH is 2. The molecule has 0 radical (unpaired) electrons. The molecule has 3 heteroatoms. The van der Waals surface area contributed by atoms with E-state index in [1.165, 1.54) is 37.7 Å². The summed E-state index contributed by atoms with van der Waals surface area (Å²) in [5.74, 6) is 3.01. The van der Waals surface area contributed by atoms with E-state index in [2.05, 4.69) is 26.8 Å². The van der Waals surface area contributed by atoms with Crippen molar-refractivity contribution in [3.8, 4) is 0 Å². The van der Waals surface area contributed by atoms with Crippen LogP contribution in [0.1, 0.15) is 98.8 Å². The molecular formula is C27H46O3. The molecule has 0 aromatic heterocycles. The average molecular weight is 419 g/mol. The van der Waals surface area contributed by atoms with Gasteiger partial charge in [0.05, 0.1) is 17.8 Å². The van der Waals surface area contributed by atoms with Gasteiger partial charge in [-0.15, -0.1) is 0 Å². The van der Waals surface area contributed by atoms with Gasteiger partial charge in [-0.25, -0.2) is 0 Å². The first kappa shape index (κ1) is 22.8. The van der Waals surface area contributed by atoms with E-state index in [-0.39, 0.29) is 17.6 Å². The molecule has 0 saturated heterocycles. The maximum atomic E-state index is 11.3. The van der Waals surface area contributed by atoms with Crippen molar-refractivity contribution < 1.29 is 15.3 Å². The minimum atomic E-state index is -0.556. The second kappa shape index (κ2) is 7.89. The first-order chi connectivity index (χ1) is 14.0.